The molecule has 0 spiro atoms. The van der Waals surface area contributed by atoms with Crippen molar-refractivity contribution >= 4 is 11.9 Å². The highest BCUT2D eigenvalue weighted by molar-refractivity contribution is 5.76. The molecule has 0 bridgehead atoms. The number of piperidine rings is 1. The summed E-state index contributed by atoms with van der Waals surface area (Å²) in [4.78, 5) is 24.2. The molecule has 25 heavy (non-hydrogen) atoms. The molecule has 136 valence electrons. The third-order valence-electron chi connectivity index (χ3n) is 6.09. The minimum Gasteiger partial charge on any atom is -0.349 e. The minimum atomic E-state index is 0.105. The predicted molar refractivity (Wildman–Crippen MR) is 98.5 cm³/mol. The zero-order valence-electron chi connectivity index (χ0n) is 15.2. The normalized spacial score (nSPS) is 24.2. The summed E-state index contributed by atoms with van der Waals surface area (Å²) >= 11 is 0. The van der Waals surface area contributed by atoms with Gasteiger partial charge in [-0.2, -0.15) is 0 Å². The summed E-state index contributed by atoms with van der Waals surface area (Å²) in [6.45, 7) is 2.14. The van der Waals surface area contributed by atoms with Crippen LogP contribution < -0.4 is 10.2 Å². The van der Waals surface area contributed by atoms with Crippen molar-refractivity contribution in [3.63, 3.8) is 0 Å². The van der Waals surface area contributed by atoms with Crippen molar-refractivity contribution in [1.29, 1.82) is 0 Å². The van der Waals surface area contributed by atoms with E-state index >= 15 is 0 Å². The SMILES string of the molecule is O=C(CC1CCCC1)N[C@@H]1CCCc2nc(N3CCCCC3)ncc21. The van der Waals surface area contributed by atoms with Crippen molar-refractivity contribution in [3.8, 4) is 0 Å². The van der Waals surface area contributed by atoms with E-state index in [4.69, 9.17) is 4.98 Å². The lowest BCUT2D eigenvalue weighted by atomic mass is 9.92. The second-order valence-electron chi connectivity index (χ2n) is 7.99. The Balaban J connectivity index is 1.43. The van der Waals surface area contributed by atoms with Crippen molar-refractivity contribution in [2.45, 2.75) is 76.7 Å². The van der Waals surface area contributed by atoms with Gasteiger partial charge in [0.15, 0.2) is 0 Å². The van der Waals surface area contributed by atoms with Crippen LogP contribution in [0.25, 0.3) is 0 Å². The zero-order valence-corrected chi connectivity index (χ0v) is 15.2. The van der Waals surface area contributed by atoms with E-state index in [0.717, 1.165) is 49.6 Å². The van der Waals surface area contributed by atoms with Gasteiger partial charge in [0, 0.05) is 31.3 Å². The number of anilines is 1. The van der Waals surface area contributed by atoms with E-state index in [-0.39, 0.29) is 11.9 Å². The fourth-order valence-corrected chi connectivity index (χ4v) is 4.66. The van der Waals surface area contributed by atoms with E-state index in [9.17, 15) is 4.79 Å². The molecule has 0 radical (unpaired) electrons. The van der Waals surface area contributed by atoms with E-state index in [0.29, 0.717) is 12.3 Å². The number of hydrogen-bond acceptors (Lipinski definition) is 4. The number of rotatable bonds is 4. The maximum absolute atomic E-state index is 12.4. The highest BCUT2D eigenvalue weighted by atomic mass is 16.1. The van der Waals surface area contributed by atoms with Crippen molar-refractivity contribution in [2.24, 2.45) is 5.92 Å². The van der Waals surface area contributed by atoms with Crippen molar-refractivity contribution < 1.29 is 4.79 Å². The van der Waals surface area contributed by atoms with Crippen LogP contribution >= 0.6 is 0 Å². The molecule has 1 aromatic rings. The first-order chi connectivity index (χ1) is 12.3. The van der Waals surface area contributed by atoms with Gasteiger partial charge in [-0.25, -0.2) is 9.97 Å². The lowest BCUT2D eigenvalue weighted by molar-refractivity contribution is -0.122. The molecule has 2 fully saturated rings. The second-order valence-corrected chi connectivity index (χ2v) is 7.99. The van der Waals surface area contributed by atoms with Crippen LogP contribution in [-0.2, 0) is 11.2 Å². The van der Waals surface area contributed by atoms with Crippen LogP contribution in [0.4, 0.5) is 5.95 Å². The molecule has 4 rings (SSSR count). The monoisotopic (exact) mass is 342 g/mol. The fraction of sp³-hybridized carbons (Fsp3) is 0.750. The maximum atomic E-state index is 12.4. The Hall–Kier alpha value is -1.65. The summed E-state index contributed by atoms with van der Waals surface area (Å²) in [5.41, 5.74) is 2.29. The Labute approximate surface area is 150 Å². The summed E-state index contributed by atoms with van der Waals surface area (Å²) in [6.07, 6.45) is 14.6. The maximum Gasteiger partial charge on any atom is 0.225 e. The van der Waals surface area contributed by atoms with Crippen LogP contribution in [0.2, 0.25) is 0 Å². The van der Waals surface area contributed by atoms with Crippen molar-refractivity contribution in [3.05, 3.63) is 17.5 Å². The lowest BCUT2D eigenvalue weighted by Crippen LogP contribution is -2.34. The molecule has 1 aliphatic heterocycles. The van der Waals surface area contributed by atoms with Gasteiger partial charge in [-0.15, -0.1) is 0 Å². The molecule has 1 amide bonds. The predicted octanol–water partition coefficient (Wildman–Crippen LogP) is 3.54. The highest BCUT2D eigenvalue weighted by Crippen LogP contribution is 2.31. The number of fused-ring (bicyclic) bond motifs is 1. The quantitative estimate of drug-likeness (QED) is 0.909. The average molecular weight is 342 g/mol. The van der Waals surface area contributed by atoms with Crippen molar-refractivity contribution in [1.82, 2.24) is 15.3 Å². The molecule has 1 N–H and O–H groups in total. The van der Waals surface area contributed by atoms with Crippen LogP contribution in [0.1, 0.15) is 81.5 Å². The van der Waals surface area contributed by atoms with Gasteiger partial charge in [0.1, 0.15) is 0 Å². The first-order valence-corrected chi connectivity index (χ1v) is 10.2. The van der Waals surface area contributed by atoms with Gasteiger partial charge in [0.05, 0.1) is 11.7 Å². The number of aryl methyl sites for hydroxylation is 1. The molecule has 2 heterocycles. The van der Waals surface area contributed by atoms with Gasteiger partial charge in [0.2, 0.25) is 11.9 Å². The van der Waals surface area contributed by atoms with E-state index in [1.165, 1.54) is 44.9 Å². The molecule has 1 saturated heterocycles. The van der Waals surface area contributed by atoms with Crippen LogP contribution in [0.3, 0.4) is 0 Å². The van der Waals surface area contributed by atoms with Crippen molar-refractivity contribution in [2.75, 3.05) is 18.0 Å². The number of nitrogens with one attached hydrogen (secondary N) is 1. The number of carbonyl (C=O) groups excluding carboxylic acids is 1. The Bertz CT molecular complexity index is 606. The zero-order chi connectivity index (χ0) is 17.1. The van der Waals surface area contributed by atoms with Crippen LogP contribution in [0.15, 0.2) is 6.20 Å². The molecular formula is C20H30N4O. The summed E-state index contributed by atoms with van der Waals surface area (Å²) in [7, 11) is 0. The fourth-order valence-electron chi connectivity index (χ4n) is 4.66. The second kappa shape index (κ2) is 7.71. The topological polar surface area (TPSA) is 58.1 Å². The summed E-state index contributed by atoms with van der Waals surface area (Å²) in [6, 6.07) is 0.105. The largest absolute Gasteiger partial charge is 0.349 e. The number of carbonyl (C=O) groups is 1. The first kappa shape index (κ1) is 16.8. The van der Waals surface area contributed by atoms with Crippen LogP contribution in [-0.4, -0.2) is 29.0 Å². The molecule has 2 aliphatic carbocycles. The third kappa shape index (κ3) is 3.96. The summed E-state index contributed by atoms with van der Waals surface area (Å²) in [5.74, 6) is 1.70. The van der Waals surface area contributed by atoms with Gasteiger partial charge in [0.25, 0.3) is 0 Å². The van der Waals surface area contributed by atoms with Gasteiger partial charge in [-0.3, -0.25) is 4.79 Å². The highest BCUT2D eigenvalue weighted by Gasteiger charge is 2.26. The first-order valence-electron chi connectivity index (χ1n) is 10.2. The third-order valence-corrected chi connectivity index (χ3v) is 6.09. The van der Waals surface area contributed by atoms with Gasteiger partial charge < -0.3 is 10.2 Å². The minimum absolute atomic E-state index is 0.105. The average Bonchev–Trinajstić information content (AvgIpc) is 3.15. The number of hydrogen-bond donors (Lipinski definition) is 1. The summed E-state index contributed by atoms with van der Waals surface area (Å²) < 4.78 is 0. The van der Waals surface area contributed by atoms with E-state index < -0.39 is 0 Å². The lowest BCUT2D eigenvalue weighted by Gasteiger charge is -2.30. The number of nitrogens with zero attached hydrogens (tertiary/aromatic N) is 3. The van der Waals surface area contributed by atoms with Crippen LogP contribution in [0, 0.1) is 5.92 Å². The molecule has 1 atom stereocenters. The van der Waals surface area contributed by atoms with E-state index in [1.54, 1.807) is 0 Å². The van der Waals surface area contributed by atoms with Gasteiger partial charge >= 0.3 is 0 Å². The molecule has 5 nitrogen and oxygen atoms in total. The Kier molecular flexibility index (Phi) is 5.18. The Morgan fingerprint density at radius 2 is 1.88 bits per heavy atom. The smallest absolute Gasteiger partial charge is 0.225 e. The molecule has 3 aliphatic rings. The molecule has 0 aromatic carbocycles. The molecular weight excluding hydrogens is 312 g/mol. The number of aromatic nitrogens is 2. The summed E-state index contributed by atoms with van der Waals surface area (Å²) in [5, 5.41) is 3.27. The molecule has 0 unspecified atom stereocenters. The van der Waals surface area contributed by atoms with Gasteiger partial charge in [-0.1, -0.05) is 12.8 Å². The molecule has 5 heteroatoms. The van der Waals surface area contributed by atoms with Gasteiger partial charge in [-0.05, 0) is 57.3 Å². The standard InChI is InChI=1S/C20H30N4O/c25-19(13-15-7-2-3-8-15)22-17-9-6-10-18-16(17)14-21-20(23-18)24-11-4-1-5-12-24/h14-15,17H,1-13H2,(H,22,25)/t17-/m1/s1. The molecule has 1 aromatic heterocycles. The molecule has 1 saturated carbocycles. The van der Waals surface area contributed by atoms with Crippen LogP contribution in [0.5, 0.6) is 0 Å². The Morgan fingerprint density at radius 1 is 1.08 bits per heavy atom. The van der Waals surface area contributed by atoms with E-state index in [2.05, 4.69) is 15.2 Å². The Morgan fingerprint density at radius 3 is 2.68 bits per heavy atom. The number of amides is 1. The van der Waals surface area contributed by atoms with E-state index in [1.807, 2.05) is 6.20 Å².